The van der Waals surface area contributed by atoms with Gasteiger partial charge in [0.05, 0.1) is 11.8 Å². The standard InChI is InChI=1S/C16H26N2OP2/c1-11(2)19-16-10-14(12(3)9-15(16)17(4)20)13-5-7-18(21)8-6-13/h5,9-11H,6-8,20-21H2,1-4H3. The minimum atomic E-state index is 0.173. The minimum Gasteiger partial charge on any atom is -0.489 e. The van der Waals surface area contributed by atoms with E-state index in [2.05, 4.69) is 62.4 Å². The molecular formula is C16H26N2OP2. The van der Waals surface area contributed by atoms with Crippen molar-refractivity contribution in [2.75, 3.05) is 24.8 Å². The van der Waals surface area contributed by atoms with Crippen LogP contribution in [0.2, 0.25) is 0 Å². The number of aryl methyl sites for hydroxylation is 1. The van der Waals surface area contributed by atoms with E-state index in [1.807, 2.05) is 11.7 Å². The molecule has 0 saturated heterocycles. The molecule has 0 amide bonds. The summed E-state index contributed by atoms with van der Waals surface area (Å²) in [6, 6.07) is 4.42. The Bertz CT molecular complexity index is 541. The fourth-order valence-corrected chi connectivity index (χ4v) is 3.01. The molecule has 3 nitrogen and oxygen atoms in total. The zero-order chi connectivity index (χ0) is 15.6. The van der Waals surface area contributed by atoms with E-state index in [4.69, 9.17) is 4.74 Å². The molecule has 1 aliphatic heterocycles. The van der Waals surface area contributed by atoms with Crippen LogP contribution in [0, 0.1) is 6.92 Å². The van der Waals surface area contributed by atoms with Crippen LogP contribution in [-0.2, 0) is 0 Å². The van der Waals surface area contributed by atoms with Gasteiger partial charge in [-0.3, -0.25) is 4.67 Å². The van der Waals surface area contributed by atoms with Crippen LogP contribution in [0.1, 0.15) is 31.4 Å². The second-order valence-electron chi connectivity index (χ2n) is 5.89. The molecule has 0 aliphatic carbocycles. The molecule has 1 heterocycles. The highest BCUT2D eigenvalue weighted by atomic mass is 31.0. The molecular weight excluding hydrogens is 298 g/mol. The third-order valence-electron chi connectivity index (χ3n) is 3.64. The van der Waals surface area contributed by atoms with E-state index in [-0.39, 0.29) is 6.10 Å². The predicted molar refractivity (Wildman–Crippen MR) is 98.9 cm³/mol. The first kappa shape index (κ1) is 16.7. The van der Waals surface area contributed by atoms with Crippen molar-refractivity contribution >= 4 is 30.0 Å². The quantitative estimate of drug-likeness (QED) is 0.782. The fourth-order valence-electron chi connectivity index (χ4n) is 2.57. The molecule has 2 rings (SSSR count). The van der Waals surface area contributed by atoms with Gasteiger partial charge in [-0.1, -0.05) is 15.5 Å². The lowest BCUT2D eigenvalue weighted by atomic mass is 9.95. The Morgan fingerprint density at radius 1 is 1.33 bits per heavy atom. The molecule has 0 saturated carbocycles. The monoisotopic (exact) mass is 324 g/mol. The van der Waals surface area contributed by atoms with E-state index in [1.54, 1.807) is 0 Å². The summed E-state index contributed by atoms with van der Waals surface area (Å²) < 4.78 is 10.3. The van der Waals surface area contributed by atoms with Crippen LogP contribution in [-0.4, -0.2) is 30.9 Å². The van der Waals surface area contributed by atoms with Crippen molar-refractivity contribution in [2.45, 2.75) is 33.3 Å². The molecule has 1 aromatic rings. The summed E-state index contributed by atoms with van der Waals surface area (Å²) in [5.74, 6) is 0.956. The number of anilines is 1. The first-order valence-corrected chi connectivity index (χ1v) is 8.40. The number of benzene rings is 1. The van der Waals surface area contributed by atoms with Crippen LogP contribution in [0.15, 0.2) is 18.2 Å². The van der Waals surface area contributed by atoms with E-state index in [0.29, 0.717) is 0 Å². The normalized spacial score (nSPS) is 16.0. The topological polar surface area (TPSA) is 15.7 Å². The summed E-state index contributed by atoms with van der Waals surface area (Å²) in [6.07, 6.45) is 3.58. The Kier molecular flexibility index (Phi) is 5.66. The lowest BCUT2D eigenvalue weighted by Gasteiger charge is -2.25. The number of nitrogens with zero attached hydrogens (tertiary/aromatic N) is 2. The molecule has 0 spiro atoms. The highest BCUT2D eigenvalue weighted by Gasteiger charge is 2.16. The molecule has 2 atom stereocenters. The summed E-state index contributed by atoms with van der Waals surface area (Å²) in [5.41, 5.74) is 5.16. The molecule has 0 radical (unpaired) electrons. The second kappa shape index (κ2) is 7.09. The lowest BCUT2D eigenvalue weighted by Crippen LogP contribution is -2.18. The number of hydrogen-bond acceptors (Lipinski definition) is 3. The predicted octanol–water partition coefficient (Wildman–Crippen LogP) is 3.89. The number of rotatable bonds is 4. The van der Waals surface area contributed by atoms with Gasteiger partial charge in [-0.25, -0.2) is 0 Å². The highest BCUT2D eigenvalue weighted by molar-refractivity contribution is 7.19. The average molecular weight is 324 g/mol. The van der Waals surface area contributed by atoms with Crippen molar-refractivity contribution in [1.29, 1.82) is 0 Å². The maximum Gasteiger partial charge on any atom is 0.143 e. The maximum absolute atomic E-state index is 6.02. The minimum absolute atomic E-state index is 0.173. The first-order valence-electron chi connectivity index (χ1n) is 7.37. The Morgan fingerprint density at radius 3 is 2.57 bits per heavy atom. The van der Waals surface area contributed by atoms with Crippen LogP contribution in [0.5, 0.6) is 5.75 Å². The van der Waals surface area contributed by atoms with Gasteiger partial charge in [-0.05, 0) is 65.4 Å². The molecule has 2 unspecified atom stereocenters. The van der Waals surface area contributed by atoms with Crippen LogP contribution in [0.25, 0.3) is 5.57 Å². The molecule has 5 heteroatoms. The number of ether oxygens (including phenoxy) is 1. The molecule has 0 N–H and O–H groups in total. The summed E-state index contributed by atoms with van der Waals surface area (Å²) in [4.78, 5) is 0. The van der Waals surface area contributed by atoms with Crippen LogP contribution in [0.4, 0.5) is 5.69 Å². The third-order valence-corrected chi connectivity index (χ3v) is 4.38. The molecule has 1 aromatic carbocycles. The van der Waals surface area contributed by atoms with Crippen LogP contribution < -0.4 is 9.41 Å². The third kappa shape index (κ3) is 4.19. The van der Waals surface area contributed by atoms with E-state index in [1.165, 1.54) is 16.7 Å². The molecule has 21 heavy (non-hydrogen) atoms. The van der Waals surface area contributed by atoms with Crippen molar-refractivity contribution in [1.82, 2.24) is 4.67 Å². The summed E-state index contributed by atoms with van der Waals surface area (Å²) in [6.45, 7) is 8.39. The Balaban J connectivity index is 2.42. The van der Waals surface area contributed by atoms with Crippen LogP contribution >= 0.6 is 18.8 Å². The molecule has 116 valence electrons. The van der Waals surface area contributed by atoms with Crippen molar-refractivity contribution in [2.24, 2.45) is 0 Å². The highest BCUT2D eigenvalue weighted by Crippen LogP contribution is 2.37. The first-order chi connectivity index (χ1) is 9.88. The van der Waals surface area contributed by atoms with Crippen molar-refractivity contribution < 1.29 is 4.74 Å². The lowest BCUT2D eigenvalue weighted by molar-refractivity contribution is 0.243. The van der Waals surface area contributed by atoms with E-state index >= 15 is 0 Å². The zero-order valence-corrected chi connectivity index (χ0v) is 15.7. The van der Waals surface area contributed by atoms with Gasteiger partial charge in [0.15, 0.2) is 0 Å². The molecule has 0 bridgehead atoms. The summed E-state index contributed by atoms with van der Waals surface area (Å²) in [5, 5.41) is 0. The SMILES string of the molecule is Cc1cc(N(C)P)c(OC(C)C)cc1C1=CCN(P)CC1. The maximum atomic E-state index is 6.02. The fraction of sp³-hybridized carbons (Fsp3) is 0.500. The molecule has 0 aromatic heterocycles. The van der Waals surface area contributed by atoms with Gasteiger partial charge in [-0.15, -0.1) is 0 Å². The van der Waals surface area contributed by atoms with Gasteiger partial charge in [0.25, 0.3) is 0 Å². The van der Waals surface area contributed by atoms with Crippen molar-refractivity contribution in [3.05, 3.63) is 29.3 Å². The van der Waals surface area contributed by atoms with Crippen molar-refractivity contribution in [3.63, 3.8) is 0 Å². The summed E-state index contributed by atoms with van der Waals surface area (Å²) in [7, 11) is 7.51. The largest absolute Gasteiger partial charge is 0.489 e. The van der Waals surface area contributed by atoms with E-state index in [0.717, 1.165) is 30.9 Å². The Morgan fingerprint density at radius 2 is 2.05 bits per heavy atom. The Hall–Kier alpha value is -0.620. The Labute approximate surface area is 133 Å². The van der Waals surface area contributed by atoms with E-state index < -0.39 is 0 Å². The van der Waals surface area contributed by atoms with Gasteiger partial charge >= 0.3 is 0 Å². The van der Waals surface area contributed by atoms with Gasteiger partial charge in [0.2, 0.25) is 0 Å². The van der Waals surface area contributed by atoms with Gasteiger partial charge in [0.1, 0.15) is 5.75 Å². The smallest absolute Gasteiger partial charge is 0.143 e. The van der Waals surface area contributed by atoms with Gasteiger partial charge in [-0.2, -0.15) is 0 Å². The zero-order valence-electron chi connectivity index (χ0n) is 13.4. The van der Waals surface area contributed by atoms with Crippen LogP contribution in [0.3, 0.4) is 0 Å². The van der Waals surface area contributed by atoms with Gasteiger partial charge in [0, 0.05) is 20.1 Å². The summed E-state index contributed by atoms with van der Waals surface area (Å²) >= 11 is 0. The van der Waals surface area contributed by atoms with Gasteiger partial charge < -0.3 is 9.41 Å². The second-order valence-corrected chi connectivity index (χ2v) is 7.39. The van der Waals surface area contributed by atoms with Crippen molar-refractivity contribution in [3.8, 4) is 5.75 Å². The molecule has 0 fully saturated rings. The number of hydrogen-bond donors (Lipinski definition) is 0. The average Bonchev–Trinajstić information content (AvgIpc) is 2.40. The molecule has 1 aliphatic rings. The van der Waals surface area contributed by atoms with E-state index in [9.17, 15) is 0 Å².